The third kappa shape index (κ3) is 4.06. The summed E-state index contributed by atoms with van der Waals surface area (Å²) in [7, 11) is 0. The smallest absolute Gasteiger partial charge is 0.132 e. The molecule has 1 N–H and O–H groups in total. The van der Waals surface area contributed by atoms with E-state index in [0.717, 1.165) is 23.5 Å². The fraction of sp³-hybridized carbons (Fsp3) is 0.579. The van der Waals surface area contributed by atoms with E-state index in [0.29, 0.717) is 13.2 Å². The van der Waals surface area contributed by atoms with E-state index >= 15 is 0 Å². The maximum atomic E-state index is 6.22. The number of hydrogen-bond acceptors (Lipinski definition) is 4. The molecule has 0 bridgehead atoms. The van der Waals surface area contributed by atoms with Crippen LogP contribution in [0, 0.1) is 0 Å². The Morgan fingerprint density at radius 1 is 1.26 bits per heavy atom. The lowest BCUT2D eigenvalue weighted by atomic mass is 9.88. The van der Waals surface area contributed by atoms with Gasteiger partial charge in [-0.3, -0.25) is 0 Å². The van der Waals surface area contributed by atoms with Gasteiger partial charge in [-0.05, 0) is 52.8 Å². The van der Waals surface area contributed by atoms with E-state index in [4.69, 9.17) is 14.2 Å². The average Bonchev–Trinajstić information content (AvgIpc) is 2.50. The number of anilines is 1. The van der Waals surface area contributed by atoms with Crippen LogP contribution in [0.15, 0.2) is 30.4 Å². The highest BCUT2D eigenvalue weighted by Gasteiger charge is 2.45. The van der Waals surface area contributed by atoms with Crippen molar-refractivity contribution in [2.75, 3.05) is 25.1 Å². The minimum absolute atomic E-state index is 0.136. The van der Waals surface area contributed by atoms with Crippen molar-refractivity contribution < 1.29 is 14.2 Å². The van der Waals surface area contributed by atoms with Crippen molar-refractivity contribution in [1.82, 2.24) is 0 Å². The van der Waals surface area contributed by atoms with Gasteiger partial charge < -0.3 is 19.5 Å². The summed E-state index contributed by atoms with van der Waals surface area (Å²) >= 11 is 0. The van der Waals surface area contributed by atoms with E-state index in [1.807, 2.05) is 38.1 Å². The van der Waals surface area contributed by atoms with Gasteiger partial charge in [0.25, 0.3) is 0 Å². The molecule has 1 aliphatic rings. The van der Waals surface area contributed by atoms with Crippen LogP contribution in [0.5, 0.6) is 5.75 Å². The van der Waals surface area contributed by atoms with Crippen molar-refractivity contribution in [1.29, 1.82) is 0 Å². The van der Waals surface area contributed by atoms with E-state index < -0.39 is 5.60 Å². The minimum atomic E-state index is -0.450. The zero-order valence-electron chi connectivity index (χ0n) is 14.9. The van der Waals surface area contributed by atoms with Crippen LogP contribution in [-0.2, 0) is 9.47 Å². The SMILES string of the molecule is CC=CCOC1C(OCC)c2cc(NCC)ccc2OC1(C)C. The van der Waals surface area contributed by atoms with Gasteiger partial charge in [0.05, 0.1) is 6.61 Å². The van der Waals surface area contributed by atoms with Crippen molar-refractivity contribution in [3.05, 3.63) is 35.9 Å². The zero-order valence-corrected chi connectivity index (χ0v) is 14.9. The molecule has 0 fully saturated rings. The molecule has 0 aliphatic carbocycles. The van der Waals surface area contributed by atoms with E-state index in [2.05, 4.69) is 32.2 Å². The summed E-state index contributed by atoms with van der Waals surface area (Å²) in [5, 5.41) is 3.35. The van der Waals surface area contributed by atoms with Crippen LogP contribution >= 0.6 is 0 Å². The second-order valence-corrected chi connectivity index (χ2v) is 6.19. The van der Waals surface area contributed by atoms with Gasteiger partial charge in [-0.1, -0.05) is 12.2 Å². The summed E-state index contributed by atoms with van der Waals surface area (Å²) in [6, 6.07) is 6.17. The van der Waals surface area contributed by atoms with Gasteiger partial charge in [-0.15, -0.1) is 0 Å². The maximum Gasteiger partial charge on any atom is 0.132 e. The molecule has 0 spiro atoms. The molecule has 1 heterocycles. The lowest BCUT2D eigenvalue weighted by molar-refractivity contribution is -0.155. The Kier molecular flexibility index (Phi) is 6.08. The quantitative estimate of drug-likeness (QED) is 0.759. The molecule has 4 heteroatoms. The van der Waals surface area contributed by atoms with Crippen LogP contribution in [0.3, 0.4) is 0 Å². The Morgan fingerprint density at radius 2 is 2.04 bits per heavy atom. The summed E-state index contributed by atoms with van der Waals surface area (Å²) < 4.78 is 18.4. The molecule has 0 aromatic heterocycles. The standard InChI is InChI=1S/C19H29NO3/c1-6-9-12-22-18-17(21-8-3)15-13-14(20-7-2)10-11-16(15)23-19(18,4)5/h6,9-11,13,17-18,20H,7-8,12H2,1-5H3. The number of fused-ring (bicyclic) bond motifs is 1. The van der Waals surface area contributed by atoms with Crippen molar-refractivity contribution in [3.63, 3.8) is 0 Å². The van der Waals surface area contributed by atoms with Crippen LogP contribution in [0.1, 0.15) is 46.3 Å². The molecule has 0 saturated heterocycles. The zero-order chi connectivity index (χ0) is 16.9. The Balaban J connectivity index is 2.37. The first-order valence-corrected chi connectivity index (χ1v) is 8.44. The first-order chi connectivity index (χ1) is 11.0. The van der Waals surface area contributed by atoms with Gasteiger partial charge in [-0.2, -0.15) is 0 Å². The van der Waals surface area contributed by atoms with Crippen LogP contribution in [0.2, 0.25) is 0 Å². The molecule has 2 rings (SSSR count). The highest BCUT2D eigenvalue weighted by atomic mass is 16.6. The number of nitrogens with one attached hydrogen (secondary N) is 1. The molecular formula is C19H29NO3. The minimum Gasteiger partial charge on any atom is -0.485 e. The lowest BCUT2D eigenvalue weighted by Crippen LogP contribution is -2.51. The topological polar surface area (TPSA) is 39.7 Å². The molecule has 0 amide bonds. The van der Waals surface area contributed by atoms with Gasteiger partial charge in [0, 0.05) is 24.4 Å². The molecule has 2 unspecified atom stereocenters. The van der Waals surface area contributed by atoms with Gasteiger partial charge in [0.15, 0.2) is 0 Å². The largest absolute Gasteiger partial charge is 0.485 e. The normalized spacial score (nSPS) is 22.7. The molecule has 128 valence electrons. The van der Waals surface area contributed by atoms with Crippen LogP contribution < -0.4 is 10.1 Å². The second-order valence-electron chi connectivity index (χ2n) is 6.19. The van der Waals surface area contributed by atoms with Crippen LogP contribution in [-0.4, -0.2) is 31.5 Å². The Morgan fingerprint density at radius 3 is 2.70 bits per heavy atom. The molecule has 1 aromatic carbocycles. The van der Waals surface area contributed by atoms with Crippen LogP contribution in [0.4, 0.5) is 5.69 Å². The van der Waals surface area contributed by atoms with Crippen molar-refractivity contribution >= 4 is 5.69 Å². The van der Waals surface area contributed by atoms with Crippen molar-refractivity contribution in [2.45, 2.75) is 52.4 Å². The number of ether oxygens (including phenoxy) is 3. The second kappa shape index (κ2) is 7.84. The summed E-state index contributed by atoms with van der Waals surface area (Å²) in [5.74, 6) is 0.876. The highest BCUT2D eigenvalue weighted by molar-refractivity contribution is 5.53. The van der Waals surface area contributed by atoms with E-state index in [1.165, 1.54) is 0 Å². The van der Waals surface area contributed by atoms with E-state index in [9.17, 15) is 0 Å². The van der Waals surface area contributed by atoms with Gasteiger partial charge in [-0.25, -0.2) is 0 Å². The number of hydrogen-bond donors (Lipinski definition) is 1. The molecule has 1 aromatic rings. The maximum absolute atomic E-state index is 6.22. The van der Waals surface area contributed by atoms with Gasteiger partial charge in [0.2, 0.25) is 0 Å². The highest BCUT2D eigenvalue weighted by Crippen LogP contribution is 2.44. The molecule has 23 heavy (non-hydrogen) atoms. The Labute approximate surface area is 139 Å². The third-order valence-electron chi connectivity index (χ3n) is 3.98. The van der Waals surface area contributed by atoms with Crippen molar-refractivity contribution in [3.8, 4) is 5.75 Å². The molecule has 4 nitrogen and oxygen atoms in total. The van der Waals surface area contributed by atoms with Crippen molar-refractivity contribution in [2.24, 2.45) is 0 Å². The van der Waals surface area contributed by atoms with E-state index in [1.54, 1.807) is 0 Å². The van der Waals surface area contributed by atoms with E-state index in [-0.39, 0.29) is 12.2 Å². The summed E-state index contributed by atoms with van der Waals surface area (Å²) in [4.78, 5) is 0. The Bertz CT molecular complexity index is 539. The number of rotatable bonds is 7. The first-order valence-electron chi connectivity index (χ1n) is 8.44. The summed E-state index contributed by atoms with van der Waals surface area (Å²) in [6.07, 6.45) is 3.69. The summed E-state index contributed by atoms with van der Waals surface area (Å²) in [6.45, 7) is 12.3. The lowest BCUT2D eigenvalue weighted by Gasteiger charge is -2.44. The Hall–Kier alpha value is -1.52. The molecule has 1 aliphatic heterocycles. The van der Waals surface area contributed by atoms with Crippen LogP contribution in [0.25, 0.3) is 0 Å². The van der Waals surface area contributed by atoms with Gasteiger partial charge in [0.1, 0.15) is 23.6 Å². The fourth-order valence-electron chi connectivity index (χ4n) is 2.95. The average molecular weight is 319 g/mol. The first kappa shape index (κ1) is 17.8. The fourth-order valence-corrected chi connectivity index (χ4v) is 2.95. The molecule has 2 atom stereocenters. The predicted octanol–water partition coefficient (Wildman–Crippen LogP) is 4.33. The number of benzene rings is 1. The molecular weight excluding hydrogens is 290 g/mol. The number of allylic oxidation sites excluding steroid dienone is 1. The summed E-state index contributed by atoms with van der Waals surface area (Å²) in [5.41, 5.74) is 1.68. The third-order valence-corrected chi connectivity index (χ3v) is 3.98. The predicted molar refractivity (Wildman–Crippen MR) is 94.2 cm³/mol. The molecule has 0 saturated carbocycles. The monoisotopic (exact) mass is 319 g/mol. The molecule has 0 radical (unpaired) electrons. The van der Waals surface area contributed by atoms with Gasteiger partial charge >= 0.3 is 0 Å².